The first-order valence-electron chi connectivity index (χ1n) is 2.57. The third kappa shape index (κ3) is 1.92. The molecule has 0 saturated heterocycles. The fourth-order valence-corrected chi connectivity index (χ4v) is 5.02. The van der Waals surface area contributed by atoms with Crippen molar-refractivity contribution in [1.29, 1.82) is 0 Å². The van der Waals surface area contributed by atoms with E-state index in [0.29, 0.717) is 0 Å². The zero-order valence-electron chi connectivity index (χ0n) is 5.50. The Morgan fingerprint density at radius 2 is 2.30 bits per heavy atom. The molecule has 0 saturated carbocycles. The van der Waals surface area contributed by atoms with Crippen LogP contribution >= 0.6 is 31.7 Å². The predicted molar refractivity (Wildman–Crippen MR) is 47.3 cm³/mol. The summed E-state index contributed by atoms with van der Waals surface area (Å²) in [7, 11) is 8.26. The third-order valence-corrected chi connectivity index (χ3v) is 5.82. The van der Waals surface area contributed by atoms with Gasteiger partial charge in [-0.3, -0.25) is 0 Å². The molecule has 0 aliphatic rings. The van der Waals surface area contributed by atoms with Gasteiger partial charge in [0, 0.05) is 0 Å². The van der Waals surface area contributed by atoms with Crippen LogP contribution in [0.5, 0.6) is 0 Å². The average molecular weight is 261 g/mol. The molecule has 0 aromatic carbocycles. The van der Waals surface area contributed by atoms with Crippen molar-refractivity contribution < 1.29 is 2.97 Å². The molecule has 0 aliphatic heterocycles. The summed E-state index contributed by atoms with van der Waals surface area (Å²) in [6.07, 6.45) is 0. The summed E-state index contributed by atoms with van der Waals surface area (Å²) in [4.78, 5) is 0. The Labute approximate surface area is 78.6 Å². The minimum absolute atomic E-state index is 0.223. The first kappa shape index (κ1) is 8.94. The molecule has 6 heteroatoms. The summed E-state index contributed by atoms with van der Waals surface area (Å²) in [5.74, 6) is 0. The van der Waals surface area contributed by atoms with Gasteiger partial charge in [-0.15, -0.1) is 0 Å². The van der Waals surface area contributed by atoms with Gasteiger partial charge < -0.3 is 0 Å². The minimum atomic E-state index is 0.223. The standard InChI is InChI=1S/C4H6ClN2S2Se/c1-3-4(2)7(9-8-5)10-6-3/h1-2H3/q+1. The topological polar surface area (TPSA) is 16.8 Å². The summed E-state index contributed by atoms with van der Waals surface area (Å²) < 4.78 is 6.42. The summed E-state index contributed by atoms with van der Waals surface area (Å²) in [5, 5.41) is 0. The van der Waals surface area contributed by atoms with Crippen LogP contribution in [0.25, 0.3) is 0 Å². The molecular formula is C4H6ClN2S2Se+. The van der Waals surface area contributed by atoms with E-state index in [0.717, 1.165) is 5.69 Å². The van der Waals surface area contributed by atoms with Crippen molar-refractivity contribution in [3.63, 3.8) is 0 Å². The van der Waals surface area contributed by atoms with Crippen LogP contribution in [0.4, 0.5) is 0 Å². The Balaban J connectivity index is 2.83. The maximum atomic E-state index is 5.48. The molecule has 10 heavy (non-hydrogen) atoms. The molecule has 0 aliphatic carbocycles. The van der Waals surface area contributed by atoms with Crippen LogP contribution in [0, 0.1) is 13.8 Å². The fraction of sp³-hybridized carbons (Fsp3) is 0.500. The van der Waals surface area contributed by atoms with Crippen LogP contribution in [0.2, 0.25) is 0 Å². The average Bonchev–Trinajstić information content (AvgIpc) is 2.20. The van der Waals surface area contributed by atoms with Gasteiger partial charge in [-0.25, -0.2) is 0 Å². The van der Waals surface area contributed by atoms with Gasteiger partial charge in [0.2, 0.25) is 0 Å². The van der Waals surface area contributed by atoms with E-state index in [2.05, 4.69) is 13.9 Å². The number of rotatable bonds is 2. The van der Waals surface area contributed by atoms with Crippen molar-refractivity contribution in [3.05, 3.63) is 11.4 Å². The van der Waals surface area contributed by atoms with Gasteiger partial charge >= 0.3 is 78.8 Å². The van der Waals surface area contributed by atoms with Gasteiger partial charge in [-0.05, 0) is 0 Å². The molecule has 1 aromatic rings. The van der Waals surface area contributed by atoms with E-state index < -0.39 is 0 Å². The monoisotopic (exact) mass is 261 g/mol. The van der Waals surface area contributed by atoms with Gasteiger partial charge in [-0.1, -0.05) is 0 Å². The molecule has 56 valence electrons. The molecule has 0 bridgehead atoms. The van der Waals surface area contributed by atoms with E-state index in [4.69, 9.17) is 10.7 Å². The predicted octanol–water partition coefficient (Wildman–Crippen LogP) is 1.34. The first-order chi connectivity index (χ1) is 4.75. The van der Waals surface area contributed by atoms with E-state index in [-0.39, 0.29) is 15.0 Å². The van der Waals surface area contributed by atoms with Crippen molar-refractivity contribution >= 4 is 46.6 Å². The molecule has 0 amide bonds. The molecule has 0 spiro atoms. The van der Waals surface area contributed by atoms with E-state index in [1.807, 2.05) is 6.92 Å². The number of hydrogen-bond donors (Lipinski definition) is 0. The Morgan fingerprint density at radius 3 is 2.70 bits per heavy atom. The normalized spacial score (nSPS) is 10.3. The van der Waals surface area contributed by atoms with Crippen LogP contribution in [-0.4, -0.2) is 18.9 Å². The SMILES string of the molecule is Cc1n[se][n+](SSCl)c1C. The zero-order valence-corrected chi connectivity index (χ0v) is 9.60. The van der Waals surface area contributed by atoms with Crippen LogP contribution < -0.4 is 2.97 Å². The Kier molecular flexibility index (Phi) is 3.60. The van der Waals surface area contributed by atoms with Crippen LogP contribution in [0.3, 0.4) is 0 Å². The summed E-state index contributed by atoms with van der Waals surface area (Å²) in [5.41, 5.74) is 2.37. The molecule has 1 heterocycles. The second kappa shape index (κ2) is 4.02. The van der Waals surface area contributed by atoms with E-state index >= 15 is 0 Å². The van der Waals surface area contributed by atoms with E-state index in [9.17, 15) is 0 Å². The summed E-state index contributed by atoms with van der Waals surface area (Å²) >= 11 is 0.223. The van der Waals surface area contributed by atoms with Gasteiger partial charge in [0.05, 0.1) is 0 Å². The Bertz CT molecular complexity index is 227. The number of hydrogen-bond acceptors (Lipinski definition) is 3. The molecule has 0 N–H and O–H groups in total. The van der Waals surface area contributed by atoms with Crippen LogP contribution in [0.1, 0.15) is 11.4 Å². The number of halogens is 1. The summed E-state index contributed by atoms with van der Waals surface area (Å²) in [6.45, 7) is 4.09. The zero-order chi connectivity index (χ0) is 7.56. The van der Waals surface area contributed by atoms with E-state index in [1.165, 1.54) is 15.7 Å². The Hall–Kier alpha value is 0.849. The fourth-order valence-electron chi connectivity index (χ4n) is 0.453. The second-order valence-corrected chi connectivity index (χ2v) is 6.35. The van der Waals surface area contributed by atoms with Gasteiger partial charge in [-0.2, -0.15) is 0 Å². The van der Waals surface area contributed by atoms with E-state index in [1.54, 1.807) is 11.0 Å². The molecule has 0 unspecified atom stereocenters. The number of nitrogens with zero attached hydrogens (tertiary/aromatic N) is 2. The molecular weight excluding hydrogens is 255 g/mol. The quantitative estimate of drug-likeness (QED) is 0.590. The van der Waals surface area contributed by atoms with Crippen LogP contribution in [0.15, 0.2) is 0 Å². The molecule has 0 fully saturated rings. The third-order valence-electron chi connectivity index (χ3n) is 1.15. The van der Waals surface area contributed by atoms with Gasteiger partial charge in [0.1, 0.15) is 0 Å². The first-order valence-corrected chi connectivity index (χ1v) is 7.03. The van der Waals surface area contributed by atoms with Crippen LogP contribution in [-0.2, 0) is 0 Å². The second-order valence-electron chi connectivity index (χ2n) is 1.74. The summed E-state index contributed by atoms with van der Waals surface area (Å²) in [6, 6.07) is 0. The molecule has 0 radical (unpaired) electrons. The van der Waals surface area contributed by atoms with Gasteiger partial charge in [0.15, 0.2) is 0 Å². The van der Waals surface area contributed by atoms with Crippen molar-refractivity contribution in [3.8, 4) is 0 Å². The van der Waals surface area contributed by atoms with Gasteiger partial charge in [0.25, 0.3) is 0 Å². The van der Waals surface area contributed by atoms with Crippen molar-refractivity contribution in [2.75, 3.05) is 0 Å². The number of aromatic nitrogens is 2. The maximum absolute atomic E-state index is 5.48. The number of aryl methyl sites for hydroxylation is 1. The van der Waals surface area contributed by atoms with Crippen molar-refractivity contribution in [1.82, 2.24) is 3.98 Å². The van der Waals surface area contributed by atoms with Crippen molar-refractivity contribution in [2.45, 2.75) is 13.8 Å². The molecule has 1 rings (SSSR count). The molecule has 1 aromatic heterocycles. The Morgan fingerprint density at radius 1 is 1.60 bits per heavy atom. The molecule has 2 nitrogen and oxygen atoms in total. The van der Waals surface area contributed by atoms with Crippen molar-refractivity contribution in [2.24, 2.45) is 0 Å². The molecule has 0 atom stereocenters.